The van der Waals surface area contributed by atoms with Crippen LogP contribution in [0.25, 0.3) is 0 Å². The van der Waals surface area contributed by atoms with Crippen molar-refractivity contribution in [3.8, 4) is 0 Å². The van der Waals surface area contributed by atoms with Crippen molar-refractivity contribution in [1.82, 2.24) is 4.72 Å². The van der Waals surface area contributed by atoms with E-state index in [1.807, 2.05) is 18.4 Å². The standard InChI is InChI=1S/C15H15F2NO3S2/c1-22-11-4-2-10(3-5-11)15(19)9-18-23(20,21)12-6-7-13(16)14(17)8-12/h2-8,15,18-19H,9H2,1H3. The summed E-state index contributed by atoms with van der Waals surface area (Å²) >= 11 is 1.55. The molecule has 0 amide bonds. The summed E-state index contributed by atoms with van der Waals surface area (Å²) in [5.74, 6) is -2.38. The van der Waals surface area contributed by atoms with Crippen LogP contribution >= 0.6 is 11.8 Å². The molecule has 2 aromatic carbocycles. The maximum atomic E-state index is 13.1. The number of benzene rings is 2. The molecule has 23 heavy (non-hydrogen) atoms. The fourth-order valence-electron chi connectivity index (χ4n) is 1.86. The van der Waals surface area contributed by atoms with E-state index < -0.39 is 32.7 Å². The number of halogens is 2. The van der Waals surface area contributed by atoms with Crippen LogP contribution in [-0.2, 0) is 10.0 Å². The van der Waals surface area contributed by atoms with Crippen molar-refractivity contribution in [2.45, 2.75) is 15.9 Å². The maximum Gasteiger partial charge on any atom is 0.240 e. The zero-order valence-corrected chi connectivity index (χ0v) is 13.8. The summed E-state index contributed by atoms with van der Waals surface area (Å²) in [6.07, 6.45) is 0.868. The summed E-state index contributed by atoms with van der Waals surface area (Å²) in [5, 5.41) is 10.0. The van der Waals surface area contributed by atoms with Crippen LogP contribution in [-0.4, -0.2) is 26.3 Å². The Morgan fingerprint density at radius 3 is 2.35 bits per heavy atom. The van der Waals surface area contributed by atoms with Crippen molar-refractivity contribution in [2.75, 3.05) is 12.8 Å². The monoisotopic (exact) mass is 359 g/mol. The first-order valence-electron chi connectivity index (χ1n) is 6.60. The van der Waals surface area contributed by atoms with Gasteiger partial charge in [0.2, 0.25) is 10.0 Å². The van der Waals surface area contributed by atoms with Crippen molar-refractivity contribution < 1.29 is 22.3 Å². The summed E-state index contributed by atoms with van der Waals surface area (Å²) in [4.78, 5) is 0.615. The molecule has 0 fully saturated rings. The Labute approximate surface area is 137 Å². The summed E-state index contributed by atoms with van der Waals surface area (Å²) in [5.41, 5.74) is 0.552. The molecule has 0 radical (unpaired) electrons. The zero-order chi connectivity index (χ0) is 17.0. The van der Waals surface area contributed by atoms with Gasteiger partial charge in [0.15, 0.2) is 11.6 Å². The predicted molar refractivity (Wildman–Crippen MR) is 84.7 cm³/mol. The molecular weight excluding hydrogens is 344 g/mol. The first-order valence-corrected chi connectivity index (χ1v) is 9.31. The molecule has 0 bridgehead atoms. The minimum absolute atomic E-state index is 0.278. The quantitative estimate of drug-likeness (QED) is 0.779. The van der Waals surface area contributed by atoms with Crippen LogP contribution in [0.3, 0.4) is 0 Å². The molecule has 0 heterocycles. The number of aliphatic hydroxyl groups excluding tert-OH is 1. The molecule has 124 valence electrons. The van der Waals surface area contributed by atoms with E-state index in [1.54, 1.807) is 23.9 Å². The van der Waals surface area contributed by atoms with Gasteiger partial charge in [-0.25, -0.2) is 21.9 Å². The maximum absolute atomic E-state index is 13.1. The number of thioether (sulfide) groups is 1. The second-order valence-corrected chi connectivity index (χ2v) is 7.36. The normalized spacial score (nSPS) is 13.0. The molecule has 2 aromatic rings. The topological polar surface area (TPSA) is 66.4 Å². The minimum atomic E-state index is -4.04. The molecule has 0 aromatic heterocycles. The molecule has 8 heteroatoms. The van der Waals surface area contributed by atoms with Gasteiger partial charge in [0, 0.05) is 11.4 Å². The first-order chi connectivity index (χ1) is 10.8. The van der Waals surface area contributed by atoms with Crippen LogP contribution in [0, 0.1) is 11.6 Å². The van der Waals surface area contributed by atoms with Gasteiger partial charge in [-0.3, -0.25) is 0 Å². The van der Waals surface area contributed by atoms with E-state index >= 15 is 0 Å². The molecule has 1 unspecified atom stereocenters. The lowest BCUT2D eigenvalue weighted by molar-refractivity contribution is 0.182. The van der Waals surface area contributed by atoms with Crippen molar-refractivity contribution in [3.63, 3.8) is 0 Å². The molecule has 4 nitrogen and oxygen atoms in total. The van der Waals surface area contributed by atoms with Crippen molar-refractivity contribution >= 4 is 21.8 Å². The SMILES string of the molecule is CSc1ccc(C(O)CNS(=O)(=O)c2ccc(F)c(F)c2)cc1. The number of sulfonamides is 1. The van der Waals surface area contributed by atoms with Gasteiger partial charge in [-0.2, -0.15) is 0 Å². The van der Waals surface area contributed by atoms with Gasteiger partial charge in [0.1, 0.15) is 0 Å². The fraction of sp³-hybridized carbons (Fsp3) is 0.200. The van der Waals surface area contributed by atoms with Crippen LogP contribution in [0.4, 0.5) is 8.78 Å². The predicted octanol–water partition coefficient (Wildman–Crippen LogP) is 2.70. The molecular formula is C15H15F2NO3S2. The van der Waals surface area contributed by atoms with Gasteiger partial charge in [0.25, 0.3) is 0 Å². The number of hydrogen-bond acceptors (Lipinski definition) is 4. The highest BCUT2D eigenvalue weighted by Crippen LogP contribution is 2.19. The second kappa shape index (κ2) is 7.39. The molecule has 0 aliphatic carbocycles. The summed E-state index contributed by atoms with van der Waals surface area (Å²) < 4.78 is 52.2. The summed E-state index contributed by atoms with van der Waals surface area (Å²) in [6, 6.07) is 9.31. The lowest BCUT2D eigenvalue weighted by atomic mass is 10.1. The first kappa shape index (κ1) is 17.9. The Morgan fingerprint density at radius 1 is 1.13 bits per heavy atom. The molecule has 0 saturated heterocycles. The van der Waals surface area contributed by atoms with Crippen molar-refractivity contribution in [2.24, 2.45) is 0 Å². The van der Waals surface area contributed by atoms with Crippen LogP contribution in [0.5, 0.6) is 0 Å². The highest BCUT2D eigenvalue weighted by atomic mass is 32.2. The van der Waals surface area contributed by atoms with Gasteiger partial charge in [0.05, 0.1) is 11.0 Å². The van der Waals surface area contributed by atoms with Gasteiger partial charge in [-0.15, -0.1) is 11.8 Å². The van der Waals surface area contributed by atoms with Crippen molar-refractivity contribution in [3.05, 3.63) is 59.7 Å². The molecule has 0 spiro atoms. The number of rotatable bonds is 6. The third-order valence-corrected chi connectivity index (χ3v) is 5.33. The van der Waals surface area contributed by atoms with Crippen LogP contribution in [0.1, 0.15) is 11.7 Å². The molecule has 0 aliphatic rings. The van der Waals surface area contributed by atoms with E-state index in [2.05, 4.69) is 4.72 Å². The highest BCUT2D eigenvalue weighted by Gasteiger charge is 2.18. The van der Waals surface area contributed by atoms with E-state index in [0.29, 0.717) is 11.6 Å². The molecule has 0 aliphatic heterocycles. The molecule has 1 atom stereocenters. The fourth-order valence-corrected chi connectivity index (χ4v) is 3.32. The Balaban J connectivity index is 2.06. The average Bonchev–Trinajstić information content (AvgIpc) is 2.55. The minimum Gasteiger partial charge on any atom is -0.387 e. The molecule has 0 saturated carbocycles. The second-order valence-electron chi connectivity index (χ2n) is 4.72. The van der Waals surface area contributed by atoms with E-state index in [9.17, 15) is 22.3 Å². The zero-order valence-electron chi connectivity index (χ0n) is 12.2. The van der Waals surface area contributed by atoms with E-state index in [-0.39, 0.29) is 6.54 Å². The third kappa shape index (κ3) is 4.51. The van der Waals surface area contributed by atoms with Crippen LogP contribution < -0.4 is 4.72 Å². The van der Waals surface area contributed by atoms with E-state index in [1.165, 1.54) is 0 Å². The average molecular weight is 359 g/mol. The summed E-state index contributed by atoms with van der Waals surface area (Å²) in [6.45, 7) is -0.278. The van der Waals surface area contributed by atoms with Crippen molar-refractivity contribution in [1.29, 1.82) is 0 Å². The Kier molecular flexibility index (Phi) is 5.74. The summed E-state index contributed by atoms with van der Waals surface area (Å²) in [7, 11) is -4.04. The Morgan fingerprint density at radius 2 is 1.78 bits per heavy atom. The van der Waals surface area contributed by atoms with E-state index in [0.717, 1.165) is 17.0 Å². The third-order valence-electron chi connectivity index (χ3n) is 3.17. The Bertz CT molecular complexity index is 780. The van der Waals surface area contributed by atoms with Crippen LogP contribution in [0.15, 0.2) is 52.3 Å². The number of hydrogen-bond donors (Lipinski definition) is 2. The smallest absolute Gasteiger partial charge is 0.240 e. The highest BCUT2D eigenvalue weighted by molar-refractivity contribution is 7.98. The number of nitrogens with one attached hydrogen (secondary N) is 1. The van der Waals surface area contributed by atoms with Crippen LogP contribution in [0.2, 0.25) is 0 Å². The van der Waals surface area contributed by atoms with Gasteiger partial charge < -0.3 is 5.11 Å². The Hall–Kier alpha value is -1.48. The largest absolute Gasteiger partial charge is 0.387 e. The van der Waals surface area contributed by atoms with Gasteiger partial charge in [-0.05, 0) is 42.2 Å². The van der Waals surface area contributed by atoms with Gasteiger partial charge in [-0.1, -0.05) is 12.1 Å². The lowest BCUT2D eigenvalue weighted by Gasteiger charge is -2.13. The molecule has 2 rings (SSSR count). The number of aliphatic hydroxyl groups is 1. The lowest BCUT2D eigenvalue weighted by Crippen LogP contribution is -2.28. The molecule has 2 N–H and O–H groups in total. The van der Waals surface area contributed by atoms with Gasteiger partial charge >= 0.3 is 0 Å². The van der Waals surface area contributed by atoms with E-state index in [4.69, 9.17) is 0 Å².